The molecule has 0 heterocycles. The molecule has 4 radical (unpaired) electrons. The van der Waals surface area contributed by atoms with E-state index in [1.54, 1.807) is 0 Å². The Hall–Kier alpha value is -0.513. The summed E-state index contributed by atoms with van der Waals surface area (Å²) < 4.78 is 0. The quantitative estimate of drug-likeness (QED) is 0.579. The monoisotopic (exact) mass is 145 g/mol. The lowest BCUT2D eigenvalue weighted by molar-refractivity contribution is 0.150. The third-order valence-corrected chi connectivity index (χ3v) is 1.03. The van der Waals surface area contributed by atoms with Crippen LogP contribution in [0.4, 0.5) is 4.79 Å². The number of nitrogens with zero attached hydrogens (tertiary/aromatic N) is 1. The summed E-state index contributed by atoms with van der Waals surface area (Å²) in [6.07, 6.45) is -0.838. The van der Waals surface area contributed by atoms with Crippen molar-refractivity contribution in [1.82, 2.24) is 4.90 Å². The van der Waals surface area contributed by atoms with Crippen LogP contribution in [-0.4, -0.2) is 40.2 Å². The molecule has 0 atom stereocenters. The van der Waals surface area contributed by atoms with Crippen LogP contribution in [0.5, 0.6) is 0 Å². The lowest BCUT2D eigenvalue weighted by Gasteiger charge is -2.12. The van der Waals surface area contributed by atoms with E-state index in [1.165, 1.54) is 4.90 Å². The van der Waals surface area contributed by atoms with E-state index >= 15 is 0 Å². The van der Waals surface area contributed by atoms with Crippen molar-refractivity contribution in [2.24, 2.45) is 0 Å². The molecule has 3 nitrogen and oxygen atoms in total. The Balaban J connectivity index is 0. The van der Waals surface area contributed by atoms with Gasteiger partial charge in [-0.2, -0.15) is 0 Å². The summed E-state index contributed by atoms with van der Waals surface area (Å²) in [7, 11) is 0. The Morgan fingerprint density at radius 2 is 1.78 bits per heavy atom. The fraction of sp³-hybridized carbons (Fsp3) is 0.800. The summed E-state index contributed by atoms with van der Waals surface area (Å²) in [6.45, 7) is 4.78. The van der Waals surface area contributed by atoms with E-state index in [2.05, 4.69) is 0 Å². The van der Waals surface area contributed by atoms with Gasteiger partial charge in [0.05, 0.1) is 0 Å². The minimum atomic E-state index is -0.838. The van der Waals surface area contributed by atoms with Gasteiger partial charge in [0.15, 0.2) is 0 Å². The van der Waals surface area contributed by atoms with Gasteiger partial charge in [-0.15, -0.1) is 0 Å². The maximum Gasteiger partial charge on any atom is 0.407 e. The number of amides is 1. The lowest BCUT2D eigenvalue weighted by Crippen LogP contribution is -2.28. The highest BCUT2D eigenvalue weighted by Crippen LogP contribution is 1.84. The van der Waals surface area contributed by atoms with E-state index in [-0.39, 0.29) is 11.0 Å². The molecule has 0 aliphatic heterocycles. The van der Waals surface area contributed by atoms with Crippen molar-refractivity contribution in [1.29, 1.82) is 0 Å². The second-order valence-corrected chi connectivity index (χ2v) is 1.45. The third kappa shape index (κ3) is 4.02. The Labute approximate surface area is 59.7 Å². The zero-order chi connectivity index (χ0) is 6.57. The molecule has 52 valence electrons. The Morgan fingerprint density at radius 1 is 1.44 bits per heavy atom. The molecule has 0 aliphatic rings. The van der Waals surface area contributed by atoms with E-state index < -0.39 is 6.09 Å². The van der Waals surface area contributed by atoms with Gasteiger partial charge in [0.1, 0.15) is 0 Å². The predicted molar refractivity (Wildman–Crippen MR) is 36.7 cm³/mol. The summed E-state index contributed by atoms with van der Waals surface area (Å²) in [5, 5.41) is 8.30. The molecule has 0 saturated carbocycles. The van der Waals surface area contributed by atoms with Crippen molar-refractivity contribution >= 4 is 17.1 Å². The topological polar surface area (TPSA) is 40.5 Å². The lowest BCUT2D eigenvalue weighted by atomic mass is 10.6. The van der Waals surface area contributed by atoms with Crippen molar-refractivity contribution in [2.45, 2.75) is 13.8 Å². The van der Waals surface area contributed by atoms with Gasteiger partial charge in [-0.3, -0.25) is 0 Å². The molecule has 0 aromatic heterocycles. The van der Waals surface area contributed by atoms with Gasteiger partial charge in [0, 0.05) is 24.1 Å². The van der Waals surface area contributed by atoms with Gasteiger partial charge in [-0.25, -0.2) is 4.79 Å². The molecule has 0 unspecified atom stereocenters. The van der Waals surface area contributed by atoms with Gasteiger partial charge in [-0.1, -0.05) is 0 Å². The SMILES string of the molecule is CCN(CC)C(=O)O.[Si]. The first-order chi connectivity index (χ1) is 3.72. The highest BCUT2D eigenvalue weighted by Gasteiger charge is 2.02. The van der Waals surface area contributed by atoms with Gasteiger partial charge in [-0.05, 0) is 13.8 Å². The van der Waals surface area contributed by atoms with Crippen LogP contribution in [0, 0.1) is 0 Å². The van der Waals surface area contributed by atoms with Crippen molar-refractivity contribution in [2.75, 3.05) is 13.1 Å². The first-order valence-electron chi connectivity index (χ1n) is 2.70. The molecule has 1 N–H and O–H groups in total. The Bertz CT molecular complexity index is 83.0. The minimum Gasteiger partial charge on any atom is -0.465 e. The number of hydrogen-bond donors (Lipinski definition) is 1. The normalized spacial score (nSPS) is 7.78. The van der Waals surface area contributed by atoms with Crippen molar-refractivity contribution in [3.63, 3.8) is 0 Å². The summed E-state index contributed by atoms with van der Waals surface area (Å²) in [5.41, 5.74) is 0. The molecule has 9 heavy (non-hydrogen) atoms. The minimum absolute atomic E-state index is 0. The molecule has 0 fully saturated rings. The number of carboxylic acid groups (broad SMARTS) is 1. The zero-order valence-corrected chi connectivity index (χ0v) is 6.72. The zero-order valence-electron chi connectivity index (χ0n) is 5.72. The fourth-order valence-corrected chi connectivity index (χ4v) is 0.494. The maximum atomic E-state index is 10.1. The molecule has 0 aromatic carbocycles. The van der Waals surface area contributed by atoms with Crippen LogP contribution in [0.2, 0.25) is 0 Å². The smallest absolute Gasteiger partial charge is 0.407 e. The van der Waals surface area contributed by atoms with E-state index in [9.17, 15) is 4.79 Å². The molecule has 4 heteroatoms. The highest BCUT2D eigenvalue weighted by molar-refractivity contribution is 5.75. The average molecular weight is 145 g/mol. The van der Waals surface area contributed by atoms with Crippen molar-refractivity contribution in [3.8, 4) is 0 Å². The number of hydrogen-bond acceptors (Lipinski definition) is 1. The Morgan fingerprint density at radius 3 is 1.78 bits per heavy atom. The summed E-state index contributed by atoms with van der Waals surface area (Å²) >= 11 is 0. The molecule has 1 amide bonds. The first kappa shape index (κ1) is 11.3. The molecule has 0 rings (SSSR count). The van der Waals surface area contributed by atoms with Crippen LogP contribution < -0.4 is 0 Å². The molecule has 0 aromatic rings. The largest absolute Gasteiger partial charge is 0.465 e. The van der Waals surface area contributed by atoms with Crippen molar-refractivity contribution < 1.29 is 9.90 Å². The van der Waals surface area contributed by atoms with E-state index in [0.29, 0.717) is 13.1 Å². The predicted octanol–water partition coefficient (Wildman–Crippen LogP) is 0.625. The average Bonchev–Trinajstić information content (AvgIpc) is 1.69. The molecular weight excluding hydrogens is 134 g/mol. The van der Waals surface area contributed by atoms with Crippen LogP contribution in [-0.2, 0) is 0 Å². The standard InChI is InChI=1S/C5H11NO2.Si/c1-3-6(4-2)5(7)8;/h3-4H2,1-2H3,(H,7,8);. The third-order valence-electron chi connectivity index (χ3n) is 1.03. The number of carbonyl (C=O) groups is 1. The fourth-order valence-electron chi connectivity index (χ4n) is 0.494. The van der Waals surface area contributed by atoms with E-state index in [0.717, 1.165) is 0 Å². The van der Waals surface area contributed by atoms with Gasteiger partial charge < -0.3 is 10.0 Å². The second-order valence-electron chi connectivity index (χ2n) is 1.45. The second kappa shape index (κ2) is 5.62. The van der Waals surface area contributed by atoms with Crippen LogP contribution in [0.1, 0.15) is 13.8 Å². The summed E-state index contributed by atoms with van der Waals surface area (Å²) in [5.74, 6) is 0. The molecular formula is C5H11NO2Si. The molecule has 0 aliphatic carbocycles. The van der Waals surface area contributed by atoms with Crippen LogP contribution in [0.25, 0.3) is 0 Å². The van der Waals surface area contributed by atoms with Crippen LogP contribution in [0.15, 0.2) is 0 Å². The van der Waals surface area contributed by atoms with Gasteiger partial charge >= 0.3 is 6.09 Å². The molecule has 0 spiro atoms. The summed E-state index contributed by atoms with van der Waals surface area (Å²) in [4.78, 5) is 11.4. The van der Waals surface area contributed by atoms with Crippen molar-refractivity contribution in [3.05, 3.63) is 0 Å². The number of rotatable bonds is 2. The molecule has 0 saturated heterocycles. The maximum absolute atomic E-state index is 10.1. The summed E-state index contributed by atoms with van der Waals surface area (Å²) in [6, 6.07) is 0. The van der Waals surface area contributed by atoms with Crippen LogP contribution >= 0.6 is 0 Å². The Kier molecular flexibility index (Phi) is 7.06. The van der Waals surface area contributed by atoms with Crippen LogP contribution in [0.3, 0.4) is 0 Å². The van der Waals surface area contributed by atoms with E-state index in [4.69, 9.17) is 5.11 Å². The first-order valence-corrected chi connectivity index (χ1v) is 2.70. The van der Waals surface area contributed by atoms with Gasteiger partial charge in [0.25, 0.3) is 0 Å². The molecule has 0 bridgehead atoms. The van der Waals surface area contributed by atoms with E-state index in [1.807, 2.05) is 13.8 Å². The van der Waals surface area contributed by atoms with Gasteiger partial charge in [0.2, 0.25) is 0 Å². The highest BCUT2D eigenvalue weighted by atomic mass is 28.1.